The number of rotatable bonds is 10. The van der Waals surface area contributed by atoms with Gasteiger partial charge in [-0.2, -0.15) is 0 Å². The number of benzene rings is 1. The molecule has 138 valence electrons. The first-order valence-corrected chi connectivity index (χ1v) is 9.40. The molecule has 0 fully saturated rings. The molecule has 2 rings (SSSR count). The predicted octanol–water partition coefficient (Wildman–Crippen LogP) is 5.12. The number of nitrogens with zero attached hydrogens (tertiary/aromatic N) is 1. The molecule has 2 aromatic rings. The normalized spacial score (nSPS) is 13.4. The van der Waals surface area contributed by atoms with Crippen molar-refractivity contribution in [1.82, 2.24) is 0 Å². The summed E-state index contributed by atoms with van der Waals surface area (Å²) in [4.78, 5) is 6.24. The van der Waals surface area contributed by atoms with E-state index in [2.05, 4.69) is 12.1 Å². The molecule has 1 heterocycles. The third kappa shape index (κ3) is 7.25. The quantitative estimate of drug-likeness (QED) is 0.273. The zero-order chi connectivity index (χ0) is 18.6. The van der Waals surface area contributed by atoms with Crippen molar-refractivity contribution < 1.29 is 14.7 Å². The minimum Gasteiger partial charge on any atom is -0.497 e. The Balaban J connectivity index is 1.66. The molecule has 0 aliphatic rings. The Morgan fingerprint density at radius 1 is 1.31 bits per heavy atom. The van der Waals surface area contributed by atoms with Crippen LogP contribution in [0.3, 0.4) is 0 Å². The van der Waals surface area contributed by atoms with Gasteiger partial charge in [-0.05, 0) is 55.0 Å². The molecular weight excluding hydrogens is 346 g/mol. The monoisotopic (exact) mass is 371 g/mol. The van der Waals surface area contributed by atoms with Crippen molar-refractivity contribution in [3.8, 4) is 5.75 Å². The molecule has 0 aliphatic heterocycles. The van der Waals surface area contributed by atoms with Gasteiger partial charge >= 0.3 is 0 Å². The molecule has 4 nitrogen and oxygen atoms in total. The first-order valence-electron chi connectivity index (χ1n) is 8.52. The number of aliphatic hydroxyl groups excluding tert-OH is 1. The lowest BCUT2D eigenvalue weighted by atomic mass is 10.1. The van der Waals surface area contributed by atoms with Crippen LogP contribution in [0.5, 0.6) is 5.75 Å². The molecule has 1 N–H and O–H groups in total. The van der Waals surface area contributed by atoms with Gasteiger partial charge in [0, 0.05) is 4.88 Å². The highest BCUT2D eigenvalue weighted by Gasteiger charge is 2.07. The summed E-state index contributed by atoms with van der Waals surface area (Å²) in [5.74, 6) is 0.790. The van der Waals surface area contributed by atoms with Crippen molar-refractivity contribution in [2.75, 3.05) is 13.7 Å². The molecule has 1 aromatic carbocycles. The highest BCUT2D eigenvalue weighted by atomic mass is 32.1. The Hall–Kier alpha value is -2.37. The lowest BCUT2D eigenvalue weighted by molar-refractivity contribution is 0.171. The van der Waals surface area contributed by atoms with E-state index in [1.54, 1.807) is 24.7 Å². The zero-order valence-corrected chi connectivity index (χ0v) is 16.0. The van der Waals surface area contributed by atoms with Gasteiger partial charge in [0.05, 0.1) is 19.4 Å². The molecular formula is C21H25NO3S. The molecule has 0 saturated carbocycles. The van der Waals surface area contributed by atoms with E-state index in [9.17, 15) is 5.11 Å². The zero-order valence-electron chi connectivity index (χ0n) is 15.2. The number of aliphatic hydroxyl groups is 1. The van der Waals surface area contributed by atoms with E-state index < -0.39 is 0 Å². The molecule has 0 saturated heterocycles. The number of oxime groups is 1. The van der Waals surface area contributed by atoms with Gasteiger partial charge in [0.2, 0.25) is 0 Å². The summed E-state index contributed by atoms with van der Waals surface area (Å²) in [5, 5.41) is 16.0. The number of hydrogen-bond donors (Lipinski definition) is 1. The fourth-order valence-corrected chi connectivity index (χ4v) is 3.01. The smallest absolute Gasteiger partial charge is 0.135 e. The number of thiophene rings is 1. The Labute approximate surface area is 159 Å². The molecule has 0 radical (unpaired) electrons. The van der Waals surface area contributed by atoms with E-state index in [0.717, 1.165) is 29.0 Å². The van der Waals surface area contributed by atoms with Gasteiger partial charge in [-0.1, -0.05) is 41.1 Å². The van der Waals surface area contributed by atoms with E-state index in [4.69, 9.17) is 9.57 Å². The second-order valence-corrected chi connectivity index (χ2v) is 6.80. The summed E-state index contributed by atoms with van der Waals surface area (Å²) in [6.07, 6.45) is 8.77. The van der Waals surface area contributed by atoms with Crippen molar-refractivity contribution >= 4 is 17.6 Å². The second kappa shape index (κ2) is 11.3. The molecule has 0 aliphatic carbocycles. The first kappa shape index (κ1) is 19.9. The summed E-state index contributed by atoms with van der Waals surface area (Å²) in [7, 11) is 1.63. The predicted molar refractivity (Wildman–Crippen MR) is 108 cm³/mol. The van der Waals surface area contributed by atoms with E-state index in [0.29, 0.717) is 6.61 Å². The van der Waals surface area contributed by atoms with Gasteiger partial charge in [0.25, 0.3) is 0 Å². The van der Waals surface area contributed by atoms with Gasteiger partial charge in [0.15, 0.2) is 0 Å². The Kier molecular flexibility index (Phi) is 8.66. The van der Waals surface area contributed by atoms with Crippen molar-refractivity contribution in [3.63, 3.8) is 0 Å². The summed E-state index contributed by atoms with van der Waals surface area (Å²) in [5.41, 5.74) is 2.14. The minimum absolute atomic E-state index is 0.378. The molecule has 5 heteroatoms. The minimum atomic E-state index is -0.378. The van der Waals surface area contributed by atoms with E-state index >= 15 is 0 Å². The van der Waals surface area contributed by atoms with Crippen LogP contribution in [-0.2, 0) is 4.84 Å². The Bertz CT molecular complexity index is 735. The van der Waals surface area contributed by atoms with Gasteiger partial charge < -0.3 is 14.7 Å². The Morgan fingerprint density at radius 2 is 2.19 bits per heavy atom. The fraction of sp³-hybridized carbons (Fsp3) is 0.286. The lowest BCUT2D eigenvalue weighted by Crippen LogP contribution is -1.94. The average Bonchev–Trinajstić information content (AvgIpc) is 3.20. The largest absolute Gasteiger partial charge is 0.497 e. The van der Waals surface area contributed by atoms with E-state index in [1.165, 1.54) is 5.57 Å². The van der Waals surface area contributed by atoms with Crippen molar-refractivity contribution in [2.45, 2.75) is 25.9 Å². The maximum absolute atomic E-state index is 10.1. The van der Waals surface area contributed by atoms with Crippen LogP contribution in [0.15, 0.2) is 70.7 Å². The van der Waals surface area contributed by atoms with Gasteiger partial charge in [-0.25, -0.2) is 0 Å². The highest BCUT2D eigenvalue weighted by Crippen LogP contribution is 2.24. The molecule has 1 aromatic heterocycles. The van der Waals surface area contributed by atoms with Crippen molar-refractivity contribution in [1.29, 1.82) is 0 Å². The summed E-state index contributed by atoms with van der Waals surface area (Å²) < 4.78 is 5.16. The van der Waals surface area contributed by atoms with Crippen LogP contribution in [0.4, 0.5) is 0 Å². The molecule has 26 heavy (non-hydrogen) atoms. The van der Waals surface area contributed by atoms with Crippen LogP contribution in [0.1, 0.15) is 36.3 Å². The first-order chi connectivity index (χ1) is 12.7. The maximum atomic E-state index is 10.1. The van der Waals surface area contributed by atoms with Gasteiger partial charge in [0.1, 0.15) is 12.4 Å². The maximum Gasteiger partial charge on any atom is 0.135 e. The van der Waals surface area contributed by atoms with Crippen LogP contribution in [-0.4, -0.2) is 25.0 Å². The highest BCUT2D eigenvalue weighted by molar-refractivity contribution is 7.10. The van der Waals surface area contributed by atoms with Gasteiger partial charge in [-0.3, -0.25) is 0 Å². The number of ether oxygens (including phenoxy) is 1. The van der Waals surface area contributed by atoms with Crippen molar-refractivity contribution in [3.05, 3.63) is 76.0 Å². The molecule has 1 atom stereocenters. The lowest BCUT2D eigenvalue weighted by Gasteiger charge is -2.07. The SMILES string of the molecule is COc1cccc(/C=N\OC/C=C/C=C(\C)CCC(O)c2cccs2)c1. The number of allylic oxidation sites excluding steroid dienone is 3. The molecule has 0 bridgehead atoms. The van der Waals surface area contributed by atoms with E-state index in [-0.39, 0.29) is 6.10 Å². The number of methoxy groups -OCH3 is 1. The standard InChI is InChI=1S/C21H25NO3S/c1-17(11-12-20(23)21-10-6-14-26-21)7-3-4-13-25-22-16-18-8-5-9-19(15-18)24-2/h3-10,14-16,20,23H,11-13H2,1-2H3/b4-3+,17-7+,22-16-. The average molecular weight is 372 g/mol. The summed E-state index contributed by atoms with van der Waals surface area (Å²) in [6, 6.07) is 11.5. The second-order valence-electron chi connectivity index (χ2n) is 5.82. The van der Waals surface area contributed by atoms with Crippen LogP contribution in [0, 0.1) is 0 Å². The topological polar surface area (TPSA) is 51.0 Å². The molecule has 0 amide bonds. The van der Waals surface area contributed by atoms with Crippen LogP contribution >= 0.6 is 11.3 Å². The third-order valence-electron chi connectivity index (χ3n) is 3.74. The molecule has 0 spiro atoms. The van der Waals surface area contributed by atoms with Crippen LogP contribution in [0.25, 0.3) is 0 Å². The van der Waals surface area contributed by atoms with Gasteiger partial charge in [-0.15, -0.1) is 11.3 Å². The number of hydrogen-bond acceptors (Lipinski definition) is 5. The van der Waals surface area contributed by atoms with Crippen LogP contribution in [0.2, 0.25) is 0 Å². The summed E-state index contributed by atoms with van der Waals surface area (Å²) in [6.45, 7) is 2.47. The van der Waals surface area contributed by atoms with E-state index in [1.807, 2.05) is 60.0 Å². The Morgan fingerprint density at radius 3 is 2.96 bits per heavy atom. The summed E-state index contributed by atoms with van der Waals surface area (Å²) >= 11 is 1.59. The fourth-order valence-electron chi connectivity index (χ4n) is 2.26. The van der Waals surface area contributed by atoms with Crippen molar-refractivity contribution in [2.24, 2.45) is 5.16 Å². The third-order valence-corrected chi connectivity index (χ3v) is 4.71. The van der Waals surface area contributed by atoms with Crippen LogP contribution < -0.4 is 4.74 Å². The molecule has 1 unspecified atom stereocenters.